The number of halogens is 3. The zero-order valence-corrected chi connectivity index (χ0v) is 21.0. The Morgan fingerprint density at radius 3 is 1.76 bits per heavy atom. The van der Waals surface area contributed by atoms with Gasteiger partial charge in [-0.05, 0) is 54.8 Å². The second-order valence-electron chi connectivity index (χ2n) is 9.82. The summed E-state index contributed by atoms with van der Waals surface area (Å²) < 4.78 is 38.6. The Kier molecular flexibility index (Phi) is 7.01. The van der Waals surface area contributed by atoms with Gasteiger partial charge in [-0.25, -0.2) is 9.59 Å². The number of piperazine rings is 1. The van der Waals surface area contributed by atoms with Gasteiger partial charge in [0.1, 0.15) is 0 Å². The summed E-state index contributed by atoms with van der Waals surface area (Å²) in [4.78, 5) is 34.1. The van der Waals surface area contributed by atoms with Crippen LogP contribution in [0.5, 0.6) is 0 Å². The third kappa shape index (κ3) is 5.18. The smallest absolute Gasteiger partial charge is 0.323 e. The third-order valence-corrected chi connectivity index (χ3v) is 7.22. The largest absolute Gasteiger partial charge is 0.416 e. The number of para-hydroxylation sites is 2. The van der Waals surface area contributed by atoms with E-state index >= 15 is 0 Å². The van der Waals surface area contributed by atoms with Gasteiger partial charge in [0.05, 0.1) is 29.0 Å². The topological polar surface area (TPSA) is 47.1 Å². The Hall–Kier alpha value is -4.01. The fourth-order valence-corrected chi connectivity index (χ4v) is 5.37. The van der Waals surface area contributed by atoms with Crippen LogP contribution in [0.3, 0.4) is 0 Å². The molecule has 2 atom stereocenters. The van der Waals surface area contributed by atoms with Crippen molar-refractivity contribution in [3.8, 4) is 0 Å². The number of anilines is 2. The molecule has 2 saturated heterocycles. The Morgan fingerprint density at radius 1 is 0.789 bits per heavy atom. The molecule has 2 heterocycles. The van der Waals surface area contributed by atoms with Gasteiger partial charge in [0.15, 0.2) is 0 Å². The number of carbonyl (C=O) groups is 2. The molecule has 198 valence electrons. The second-order valence-corrected chi connectivity index (χ2v) is 9.82. The van der Waals surface area contributed by atoms with Crippen LogP contribution < -0.4 is 4.90 Å². The van der Waals surface area contributed by atoms with Gasteiger partial charge < -0.3 is 14.7 Å². The summed E-state index contributed by atoms with van der Waals surface area (Å²) in [5.74, 6) is 0. The maximum absolute atomic E-state index is 13.8. The van der Waals surface area contributed by atoms with Gasteiger partial charge in [-0.3, -0.25) is 4.90 Å². The molecular formula is C29H29F3N4O2. The normalized spacial score (nSPS) is 18.8. The minimum absolute atomic E-state index is 0.117. The average molecular weight is 523 g/mol. The molecule has 3 aromatic rings. The molecule has 0 spiro atoms. The first-order chi connectivity index (χ1) is 18.2. The van der Waals surface area contributed by atoms with Gasteiger partial charge in [-0.1, -0.05) is 48.5 Å². The van der Waals surface area contributed by atoms with Crippen LogP contribution in [0.1, 0.15) is 24.0 Å². The highest BCUT2D eigenvalue weighted by Gasteiger charge is 2.45. The molecule has 6 nitrogen and oxygen atoms in total. The molecule has 3 aromatic carbocycles. The fourth-order valence-electron chi connectivity index (χ4n) is 5.37. The van der Waals surface area contributed by atoms with Gasteiger partial charge in [0, 0.05) is 26.7 Å². The number of carbonyl (C=O) groups excluding carboxylic acids is 2. The van der Waals surface area contributed by atoms with Crippen LogP contribution >= 0.6 is 0 Å². The van der Waals surface area contributed by atoms with Crippen LogP contribution in [0, 0.1) is 0 Å². The minimum atomic E-state index is -4.40. The number of benzene rings is 3. The van der Waals surface area contributed by atoms with Crippen LogP contribution in [0.25, 0.3) is 0 Å². The number of alkyl halides is 3. The van der Waals surface area contributed by atoms with Crippen molar-refractivity contribution in [1.29, 1.82) is 0 Å². The molecule has 5 rings (SSSR count). The molecule has 2 aliphatic heterocycles. The van der Waals surface area contributed by atoms with Crippen LogP contribution in [-0.2, 0) is 12.7 Å². The molecule has 0 N–H and O–H groups in total. The highest BCUT2D eigenvalue weighted by atomic mass is 19.4. The summed E-state index contributed by atoms with van der Waals surface area (Å²) in [7, 11) is 1.66. The Bertz CT molecular complexity index is 1210. The summed E-state index contributed by atoms with van der Waals surface area (Å²) in [6.07, 6.45) is -2.80. The summed E-state index contributed by atoms with van der Waals surface area (Å²) in [5, 5.41) is 0. The minimum Gasteiger partial charge on any atom is -0.323 e. The number of hydrogen-bond acceptors (Lipinski definition) is 2. The number of nitrogens with zero attached hydrogens (tertiary/aromatic N) is 4. The predicted octanol–water partition coefficient (Wildman–Crippen LogP) is 6.36. The first kappa shape index (κ1) is 25.6. The van der Waals surface area contributed by atoms with E-state index in [1.165, 1.54) is 17.0 Å². The monoisotopic (exact) mass is 522 g/mol. The average Bonchev–Trinajstić information content (AvgIpc) is 3.18. The van der Waals surface area contributed by atoms with Crippen LogP contribution in [0.2, 0.25) is 0 Å². The summed E-state index contributed by atoms with van der Waals surface area (Å²) in [6, 6.07) is 23.3. The van der Waals surface area contributed by atoms with Crippen molar-refractivity contribution in [3.63, 3.8) is 0 Å². The fraction of sp³-hybridized carbons (Fsp3) is 0.310. The second kappa shape index (κ2) is 10.4. The van der Waals surface area contributed by atoms with Crippen LogP contribution in [0.15, 0.2) is 84.9 Å². The quantitative estimate of drug-likeness (QED) is 0.400. The molecule has 0 aliphatic carbocycles. The van der Waals surface area contributed by atoms with Crippen molar-refractivity contribution < 1.29 is 22.8 Å². The van der Waals surface area contributed by atoms with Crippen molar-refractivity contribution >= 4 is 23.4 Å². The molecular weight excluding hydrogens is 493 g/mol. The highest BCUT2D eigenvalue weighted by Crippen LogP contribution is 2.34. The molecule has 0 saturated carbocycles. The number of amides is 4. The number of likely N-dealkylation sites (tertiary alicyclic amines) is 1. The highest BCUT2D eigenvalue weighted by molar-refractivity contribution is 5.99. The maximum atomic E-state index is 13.8. The van der Waals surface area contributed by atoms with Crippen LogP contribution in [-0.4, -0.2) is 59.0 Å². The van der Waals surface area contributed by atoms with E-state index in [0.717, 1.165) is 36.3 Å². The lowest BCUT2D eigenvalue weighted by atomic mass is 10.1. The van der Waals surface area contributed by atoms with Gasteiger partial charge in [0.25, 0.3) is 0 Å². The van der Waals surface area contributed by atoms with Crippen molar-refractivity contribution in [2.24, 2.45) is 0 Å². The van der Waals surface area contributed by atoms with Gasteiger partial charge in [0.2, 0.25) is 0 Å². The zero-order chi connectivity index (χ0) is 26.9. The molecule has 2 aliphatic rings. The van der Waals surface area contributed by atoms with Crippen molar-refractivity contribution in [3.05, 3.63) is 96.1 Å². The van der Waals surface area contributed by atoms with Gasteiger partial charge in [-0.15, -0.1) is 0 Å². The molecule has 4 amide bonds. The van der Waals surface area contributed by atoms with E-state index in [-0.39, 0.29) is 30.7 Å². The maximum Gasteiger partial charge on any atom is 0.416 e. The van der Waals surface area contributed by atoms with E-state index in [4.69, 9.17) is 0 Å². The summed E-state index contributed by atoms with van der Waals surface area (Å²) in [6.45, 7) is 1.04. The number of fused-ring (bicyclic) bond motifs is 2. The summed E-state index contributed by atoms with van der Waals surface area (Å²) >= 11 is 0. The molecule has 2 bridgehead atoms. The van der Waals surface area contributed by atoms with E-state index in [2.05, 4.69) is 0 Å². The molecule has 0 radical (unpaired) electrons. The number of rotatable bonds is 4. The van der Waals surface area contributed by atoms with Crippen molar-refractivity contribution in [2.45, 2.75) is 37.6 Å². The predicted molar refractivity (Wildman–Crippen MR) is 139 cm³/mol. The zero-order valence-electron chi connectivity index (χ0n) is 21.0. The van der Waals surface area contributed by atoms with Crippen molar-refractivity contribution in [2.75, 3.05) is 25.0 Å². The van der Waals surface area contributed by atoms with E-state index in [0.29, 0.717) is 18.7 Å². The first-order valence-electron chi connectivity index (χ1n) is 12.6. The SMILES string of the molecule is CN(Cc1ccc(C(F)(F)F)cc1)C(=O)N1[C@@H]2CC[C@H]1CN(C(=O)N(c1ccccc1)c1ccccc1)C2. The Balaban J connectivity index is 1.28. The van der Waals surface area contributed by atoms with E-state index < -0.39 is 11.7 Å². The number of urea groups is 2. The molecule has 38 heavy (non-hydrogen) atoms. The van der Waals surface area contributed by atoms with Gasteiger partial charge >= 0.3 is 18.2 Å². The standard InChI is InChI=1S/C29H29F3N4O2/c1-33(18-21-12-14-22(15-13-21)29(30,31)32)27(37)36-25-16-17-26(36)20-34(19-25)28(38)35(23-8-4-2-5-9-23)24-10-6-3-7-11-24/h2-15,25-26H,16-20H2,1H3/t25-,26+. The lowest BCUT2D eigenvalue weighted by Gasteiger charge is -2.43. The Labute approximate surface area is 219 Å². The first-order valence-corrected chi connectivity index (χ1v) is 12.6. The summed E-state index contributed by atoms with van der Waals surface area (Å²) in [5.41, 5.74) is 1.45. The molecule has 0 aromatic heterocycles. The molecule has 0 unspecified atom stereocenters. The molecule has 9 heteroatoms. The van der Waals surface area contributed by atoms with Gasteiger partial charge in [-0.2, -0.15) is 13.2 Å². The number of hydrogen-bond donors (Lipinski definition) is 0. The van der Waals surface area contributed by atoms with E-state index in [1.54, 1.807) is 11.9 Å². The lowest BCUT2D eigenvalue weighted by Crippen LogP contribution is -2.60. The van der Waals surface area contributed by atoms with Crippen LogP contribution in [0.4, 0.5) is 34.1 Å². The van der Waals surface area contributed by atoms with Crippen molar-refractivity contribution in [1.82, 2.24) is 14.7 Å². The Morgan fingerprint density at radius 2 is 1.29 bits per heavy atom. The van der Waals surface area contributed by atoms with E-state index in [9.17, 15) is 22.8 Å². The van der Waals surface area contributed by atoms with E-state index in [1.807, 2.05) is 70.5 Å². The third-order valence-electron chi connectivity index (χ3n) is 7.22. The molecule has 2 fully saturated rings. The lowest BCUT2D eigenvalue weighted by molar-refractivity contribution is -0.137.